The lowest BCUT2D eigenvalue weighted by Gasteiger charge is -2.24. The van der Waals surface area contributed by atoms with Gasteiger partial charge >= 0.3 is 5.97 Å². The summed E-state index contributed by atoms with van der Waals surface area (Å²) in [5.41, 5.74) is 1.52. The molecule has 0 N–H and O–H groups in total. The van der Waals surface area contributed by atoms with Crippen LogP contribution in [0.3, 0.4) is 0 Å². The van der Waals surface area contributed by atoms with Crippen LogP contribution in [0.5, 0.6) is 11.5 Å². The molecule has 1 aromatic heterocycles. The van der Waals surface area contributed by atoms with E-state index < -0.39 is 22.5 Å². The fraction of sp³-hybridized carbons (Fsp3) is 0.194. The second-order valence-corrected chi connectivity index (χ2v) is 10.9. The summed E-state index contributed by atoms with van der Waals surface area (Å²) in [7, 11) is 1.43. The molecule has 12 heteroatoms. The Labute approximate surface area is 254 Å². The highest BCUT2D eigenvalue weighted by Gasteiger charge is 2.33. The molecule has 1 unspecified atom stereocenters. The van der Waals surface area contributed by atoms with E-state index in [1.807, 2.05) is 30.3 Å². The Balaban J connectivity index is 1.64. The first-order valence-electron chi connectivity index (χ1n) is 13.2. The van der Waals surface area contributed by atoms with Crippen LogP contribution in [0, 0.1) is 10.1 Å². The fourth-order valence-corrected chi connectivity index (χ4v) is 5.90. The molecular weight excluding hydrogens is 594 g/mol. The summed E-state index contributed by atoms with van der Waals surface area (Å²) in [6, 6.07) is 18.1. The van der Waals surface area contributed by atoms with Crippen LogP contribution in [0.2, 0.25) is 5.02 Å². The van der Waals surface area contributed by atoms with Gasteiger partial charge in [0.2, 0.25) is 0 Å². The standard InChI is InChI=1S/C31H26ClN3O7S/c1-4-41-30(37)27-18(2)33-31-34(28(27)20-10-12-22(32)13-11-20)29(36)26(43-31)15-21-14-24(40-3)25(16-23(21)35(38)39)42-17-19-8-6-5-7-9-19/h5-16,28H,4,17H2,1-3H3/b26-15+. The molecule has 0 saturated carbocycles. The third kappa shape index (κ3) is 6.08. The summed E-state index contributed by atoms with van der Waals surface area (Å²) >= 11 is 7.17. The van der Waals surface area contributed by atoms with Crippen molar-refractivity contribution in [2.24, 2.45) is 4.99 Å². The van der Waals surface area contributed by atoms with Crippen molar-refractivity contribution in [1.82, 2.24) is 4.57 Å². The number of carbonyl (C=O) groups is 1. The Morgan fingerprint density at radius 2 is 1.86 bits per heavy atom. The number of rotatable bonds is 9. The smallest absolute Gasteiger partial charge is 0.338 e. The third-order valence-corrected chi connectivity index (χ3v) is 7.97. The van der Waals surface area contributed by atoms with E-state index in [-0.39, 0.29) is 46.1 Å². The topological polar surface area (TPSA) is 122 Å². The van der Waals surface area contributed by atoms with Crippen molar-refractivity contribution < 1.29 is 23.9 Å². The number of esters is 1. The summed E-state index contributed by atoms with van der Waals surface area (Å²) in [6.07, 6.45) is 1.42. The van der Waals surface area contributed by atoms with Crippen LogP contribution >= 0.6 is 22.9 Å². The van der Waals surface area contributed by atoms with Gasteiger partial charge < -0.3 is 14.2 Å². The van der Waals surface area contributed by atoms with Gasteiger partial charge in [-0.05, 0) is 49.2 Å². The van der Waals surface area contributed by atoms with Crippen LogP contribution in [-0.4, -0.2) is 29.2 Å². The highest BCUT2D eigenvalue weighted by molar-refractivity contribution is 7.07. The van der Waals surface area contributed by atoms with Gasteiger partial charge in [-0.2, -0.15) is 0 Å². The zero-order valence-corrected chi connectivity index (χ0v) is 25.0. The number of nitrogens with zero attached hydrogens (tertiary/aromatic N) is 3. The summed E-state index contributed by atoms with van der Waals surface area (Å²) < 4.78 is 18.2. The molecule has 0 spiro atoms. The maximum absolute atomic E-state index is 13.9. The number of halogens is 1. The quantitative estimate of drug-likeness (QED) is 0.148. The number of nitro benzene ring substituents is 1. The lowest BCUT2D eigenvalue weighted by Crippen LogP contribution is -2.39. The molecule has 5 rings (SSSR count). The molecule has 10 nitrogen and oxygen atoms in total. The predicted molar refractivity (Wildman–Crippen MR) is 162 cm³/mol. The van der Waals surface area contributed by atoms with Gasteiger partial charge in [-0.3, -0.25) is 19.5 Å². The average Bonchev–Trinajstić information content (AvgIpc) is 3.30. The van der Waals surface area contributed by atoms with Gasteiger partial charge in [-0.15, -0.1) is 0 Å². The van der Waals surface area contributed by atoms with Gasteiger partial charge in [0.1, 0.15) is 6.61 Å². The Morgan fingerprint density at radius 3 is 2.51 bits per heavy atom. The molecule has 0 radical (unpaired) electrons. The second kappa shape index (κ2) is 12.6. The second-order valence-electron chi connectivity index (χ2n) is 9.45. The SMILES string of the molecule is CCOC(=O)C1=C(C)N=c2s/c(=C/c3cc(OC)c(OCc4ccccc4)cc3[N+](=O)[O-])c(=O)n2C1c1ccc(Cl)cc1. The molecule has 4 aromatic rings. The average molecular weight is 620 g/mol. The normalized spacial score (nSPS) is 14.6. The molecule has 0 fully saturated rings. The number of carbonyl (C=O) groups excluding carboxylic acids is 1. The summed E-state index contributed by atoms with van der Waals surface area (Å²) in [6.45, 7) is 3.69. The molecule has 0 saturated heterocycles. The summed E-state index contributed by atoms with van der Waals surface area (Å²) in [5.74, 6) is -0.140. The van der Waals surface area contributed by atoms with E-state index in [1.165, 1.54) is 29.9 Å². The number of nitro groups is 1. The van der Waals surface area contributed by atoms with Crippen molar-refractivity contribution in [3.05, 3.63) is 130 Å². The van der Waals surface area contributed by atoms with Gasteiger partial charge in [0, 0.05) is 5.02 Å². The lowest BCUT2D eigenvalue weighted by atomic mass is 9.96. The highest BCUT2D eigenvalue weighted by Crippen LogP contribution is 2.36. The number of aromatic nitrogens is 1. The van der Waals surface area contributed by atoms with E-state index in [9.17, 15) is 19.7 Å². The molecule has 220 valence electrons. The molecule has 0 bridgehead atoms. The largest absolute Gasteiger partial charge is 0.493 e. The number of allylic oxidation sites excluding steroid dienone is 1. The first-order chi connectivity index (χ1) is 20.7. The molecule has 0 aliphatic carbocycles. The van der Waals surface area contributed by atoms with Crippen LogP contribution in [-0.2, 0) is 16.1 Å². The molecule has 1 aliphatic rings. The molecule has 2 heterocycles. The lowest BCUT2D eigenvalue weighted by molar-refractivity contribution is -0.385. The van der Waals surface area contributed by atoms with Crippen molar-refractivity contribution in [1.29, 1.82) is 0 Å². The first kappa shape index (κ1) is 29.7. The van der Waals surface area contributed by atoms with Gasteiger partial charge in [0.15, 0.2) is 16.3 Å². The highest BCUT2D eigenvalue weighted by atomic mass is 35.5. The zero-order chi connectivity index (χ0) is 30.7. The van der Waals surface area contributed by atoms with E-state index in [0.717, 1.165) is 16.9 Å². The van der Waals surface area contributed by atoms with Crippen molar-refractivity contribution >= 4 is 40.7 Å². The molecular formula is C31H26ClN3O7S. The first-order valence-corrected chi connectivity index (χ1v) is 14.4. The summed E-state index contributed by atoms with van der Waals surface area (Å²) in [4.78, 5) is 43.4. The number of hydrogen-bond acceptors (Lipinski definition) is 9. The minimum atomic E-state index is -0.840. The number of fused-ring (bicyclic) bond motifs is 1. The van der Waals surface area contributed by atoms with Crippen LogP contribution in [0.1, 0.15) is 36.6 Å². The van der Waals surface area contributed by atoms with Crippen molar-refractivity contribution in [3.8, 4) is 11.5 Å². The number of methoxy groups -OCH3 is 1. The van der Waals surface area contributed by atoms with E-state index in [2.05, 4.69) is 4.99 Å². The predicted octanol–water partition coefficient (Wildman–Crippen LogP) is 4.95. The fourth-order valence-electron chi connectivity index (χ4n) is 4.74. The van der Waals surface area contributed by atoms with Gasteiger partial charge in [0.05, 0.1) is 52.1 Å². The van der Waals surface area contributed by atoms with Crippen molar-refractivity contribution in [2.45, 2.75) is 26.5 Å². The van der Waals surface area contributed by atoms with Gasteiger partial charge in [-0.1, -0.05) is 65.4 Å². The Morgan fingerprint density at radius 1 is 1.14 bits per heavy atom. The van der Waals surface area contributed by atoms with Crippen LogP contribution < -0.4 is 24.4 Å². The maximum atomic E-state index is 13.9. The Hall–Kier alpha value is -4.74. The minimum Gasteiger partial charge on any atom is -0.493 e. The molecule has 3 aromatic carbocycles. The number of ether oxygens (including phenoxy) is 3. The van der Waals surface area contributed by atoms with Crippen LogP contribution in [0.4, 0.5) is 5.69 Å². The number of thiazole rings is 1. The minimum absolute atomic E-state index is 0.142. The van der Waals surface area contributed by atoms with E-state index in [0.29, 0.717) is 21.1 Å². The van der Waals surface area contributed by atoms with Crippen LogP contribution in [0.25, 0.3) is 6.08 Å². The summed E-state index contributed by atoms with van der Waals surface area (Å²) in [5, 5.41) is 12.6. The Bertz CT molecular complexity index is 1920. The molecule has 43 heavy (non-hydrogen) atoms. The molecule has 0 amide bonds. The van der Waals surface area contributed by atoms with Crippen molar-refractivity contribution in [3.63, 3.8) is 0 Å². The van der Waals surface area contributed by atoms with Gasteiger partial charge in [0.25, 0.3) is 11.2 Å². The monoisotopic (exact) mass is 619 g/mol. The van der Waals surface area contributed by atoms with E-state index >= 15 is 0 Å². The van der Waals surface area contributed by atoms with Crippen molar-refractivity contribution in [2.75, 3.05) is 13.7 Å². The van der Waals surface area contributed by atoms with E-state index in [4.69, 9.17) is 25.8 Å². The third-order valence-electron chi connectivity index (χ3n) is 6.74. The number of benzene rings is 3. The van der Waals surface area contributed by atoms with Crippen LogP contribution in [0.15, 0.2) is 87.8 Å². The zero-order valence-electron chi connectivity index (χ0n) is 23.4. The molecule has 1 aliphatic heterocycles. The Kier molecular flexibility index (Phi) is 8.74. The maximum Gasteiger partial charge on any atom is 0.338 e. The molecule has 1 atom stereocenters. The van der Waals surface area contributed by atoms with E-state index in [1.54, 1.807) is 38.1 Å². The van der Waals surface area contributed by atoms with Gasteiger partial charge in [-0.25, -0.2) is 9.79 Å². The number of hydrogen-bond donors (Lipinski definition) is 0.